The summed E-state index contributed by atoms with van der Waals surface area (Å²) in [5.74, 6) is 0. The lowest BCUT2D eigenvalue weighted by molar-refractivity contribution is 0.0840. The van der Waals surface area contributed by atoms with Crippen LogP contribution < -0.4 is 5.32 Å². The molecule has 1 rings (SSSR count). The highest BCUT2D eigenvalue weighted by molar-refractivity contribution is 4.89. The molecule has 1 aliphatic carbocycles. The predicted molar refractivity (Wildman–Crippen MR) is 65.2 cm³/mol. The van der Waals surface area contributed by atoms with Gasteiger partial charge in [0.1, 0.15) is 0 Å². The second kappa shape index (κ2) is 7.24. The van der Waals surface area contributed by atoms with Crippen molar-refractivity contribution in [2.24, 2.45) is 5.41 Å². The Morgan fingerprint density at radius 1 is 1.27 bits per heavy atom. The first-order valence-corrected chi connectivity index (χ1v) is 6.61. The lowest BCUT2D eigenvalue weighted by Crippen LogP contribution is -2.40. The van der Waals surface area contributed by atoms with Gasteiger partial charge in [-0.25, -0.2) is 0 Å². The van der Waals surface area contributed by atoms with Gasteiger partial charge in [0.2, 0.25) is 0 Å². The molecule has 15 heavy (non-hydrogen) atoms. The predicted octanol–water partition coefficient (Wildman–Crippen LogP) is 2.97. The van der Waals surface area contributed by atoms with E-state index < -0.39 is 0 Å². The standard InChI is InChI=1S/C13H27NO/c1-3-10-14-12-13(7-5-8-13)9-6-11-15-4-2/h14H,3-12H2,1-2H3. The molecule has 0 atom stereocenters. The molecule has 0 heterocycles. The summed E-state index contributed by atoms with van der Waals surface area (Å²) in [6, 6.07) is 0. The minimum Gasteiger partial charge on any atom is -0.382 e. The molecule has 90 valence electrons. The van der Waals surface area contributed by atoms with Gasteiger partial charge in [0, 0.05) is 19.8 Å². The van der Waals surface area contributed by atoms with Gasteiger partial charge in [-0.15, -0.1) is 0 Å². The number of rotatable bonds is 9. The molecule has 2 nitrogen and oxygen atoms in total. The topological polar surface area (TPSA) is 21.3 Å². The summed E-state index contributed by atoms with van der Waals surface area (Å²) in [5, 5.41) is 3.58. The third kappa shape index (κ3) is 4.52. The first kappa shape index (κ1) is 13.0. The molecule has 0 aromatic rings. The summed E-state index contributed by atoms with van der Waals surface area (Å²) in [6.07, 6.45) is 8.12. The average molecular weight is 213 g/mol. The quantitative estimate of drug-likeness (QED) is 0.595. The Balaban J connectivity index is 2.09. The van der Waals surface area contributed by atoms with Crippen molar-refractivity contribution in [3.63, 3.8) is 0 Å². The van der Waals surface area contributed by atoms with Gasteiger partial charge in [0.25, 0.3) is 0 Å². The van der Waals surface area contributed by atoms with Gasteiger partial charge >= 0.3 is 0 Å². The van der Waals surface area contributed by atoms with Crippen molar-refractivity contribution in [1.29, 1.82) is 0 Å². The van der Waals surface area contributed by atoms with Crippen LogP contribution in [-0.2, 0) is 4.74 Å². The highest BCUT2D eigenvalue weighted by Gasteiger charge is 2.35. The third-order valence-electron chi connectivity index (χ3n) is 3.54. The highest BCUT2D eigenvalue weighted by Crippen LogP contribution is 2.44. The molecule has 0 radical (unpaired) electrons. The van der Waals surface area contributed by atoms with Crippen molar-refractivity contribution in [3.8, 4) is 0 Å². The van der Waals surface area contributed by atoms with Crippen LogP contribution in [0.2, 0.25) is 0 Å². The second-order valence-corrected chi connectivity index (χ2v) is 4.83. The summed E-state index contributed by atoms with van der Waals surface area (Å²) in [6.45, 7) is 8.52. The van der Waals surface area contributed by atoms with E-state index in [2.05, 4.69) is 19.2 Å². The van der Waals surface area contributed by atoms with E-state index in [1.165, 1.54) is 51.6 Å². The maximum absolute atomic E-state index is 5.40. The fraction of sp³-hybridized carbons (Fsp3) is 1.00. The number of hydrogen-bond donors (Lipinski definition) is 1. The Labute approximate surface area is 94.8 Å². The molecule has 1 saturated carbocycles. The summed E-state index contributed by atoms with van der Waals surface area (Å²) in [4.78, 5) is 0. The maximum atomic E-state index is 5.40. The minimum atomic E-state index is 0.631. The molecule has 1 N–H and O–H groups in total. The van der Waals surface area contributed by atoms with Crippen molar-refractivity contribution in [1.82, 2.24) is 5.32 Å². The van der Waals surface area contributed by atoms with E-state index >= 15 is 0 Å². The van der Waals surface area contributed by atoms with Crippen molar-refractivity contribution >= 4 is 0 Å². The van der Waals surface area contributed by atoms with Crippen LogP contribution in [0.1, 0.15) is 52.4 Å². The molecule has 1 aliphatic rings. The van der Waals surface area contributed by atoms with Crippen LogP contribution >= 0.6 is 0 Å². The molecule has 0 spiro atoms. The highest BCUT2D eigenvalue weighted by atomic mass is 16.5. The SMILES string of the molecule is CCCNCC1(CCCOCC)CCC1. The van der Waals surface area contributed by atoms with Crippen LogP contribution in [0.4, 0.5) is 0 Å². The number of nitrogens with one attached hydrogen (secondary N) is 1. The zero-order chi connectivity index (χ0) is 11.0. The van der Waals surface area contributed by atoms with E-state index in [-0.39, 0.29) is 0 Å². The molecule has 0 unspecified atom stereocenters. The second-order valence-electron chi connectivity index (χ2n) is 4.83. The van der Waals surface area contributed by atoms with Gasteiger partial charge in [0.15, 0.2) is 0 Å². The van der Waals surface area contributed by atoms with Gasteiger partial charge in [-0.05, 0) is 51.0 Å². The van der Waals surface area contributed by atoms with Crippen molar-refractivity contribution in [2.75, 3.05) is 26.3 Å². The van der Waals surface area contributed by atoms with Gasteiger partial charge < -0.3 is 10.1 Å². The molecule has 0 bridgehead atoms. The first-order chi connectivity index (χ1) is 7.33. The van der Waals surface area contributed by atoms with E-state index in [1.54, 1.807) is 0 Å². The Morgan fingerprint density at radius 2 is 2.07 bits per heavy atom. The average Bonchev–Trinajstić information content (AvgIpc) is 2.19. The van der Waals surface area contributed by atoms with Gasteiger partial charge in [-0.2, -0.15) is 0 Å². The Kier molecular flexibility index (Phi) is 6.26. The van der Waals surface area contributed by atoms with E-state index in [1.807, 2.05) is 0 Å². The van der Waals surface area contributed by atoms with Crippen LogP contribution in [0.25, 0.3) is 0 Å². The van der Waals surface area contributed by atoms with Crippen LogP contribution in [0, 0.1) is 5.41 Å². The fourth-order valence-electron chi connectivity index (χ4n) is 2.42. The largest absolute Gasteiger partial charge is 0.382 e. The molecular weight excluding hydrogens is 186 g/mol. The zero-order valence-corrected chi connectivity index (χ0v) is 10.5. The van der Waals surface area contributed by atoms with E-state index in [0.717, 1.165) is 13.2 Å². The summed E-state index contributed by atoms with van der Waals surface area (Å²) in [7, 11) is 0. The lowest BCUT2D eigenvalue weighted by atomic mass is 9.66. The minimum absolute atomic E-state index is 0.631. The van der Waals surface area contributed by atoms with Crippen molar-refractivity contribution in [2.45, 2.75) is 52.4 Å². The van der Waals surface area contributed by atoms with E-state index in [9.17, 15) is 0 Å². The summed E-state index contributed by atoms with van der Waals surface area (Å²) < 4.78 is 5.40. The third-order valence-corrected chi connectivity index (χ3v) is 3.54. The normalized spacial score (nSPS) is 18.8. The van der Waals surface area contributed by atoms with Gasteiger partial charge in [-0.3, -0.25) is 0 Å². The van der Waals surface area contributed by atoms with Crippen LogP contribution in [0.5, 0.6) is 0 Å². The molecule has 0 saturated heterocycles. The molecular formula is C13H27NO. The van der Waals surface area contributed by atoms with Crippen molar-refractivity contribution in [3.05, 3.63) is 0 Å². The van der Waals surface area contributed by atoms with Crippen molar-refractivity contribution < 1.29 is 4.74 Å². The van der Waals surface area contributed by atoms with E-state index in [4.69, 9.17) is 4.74 Å². The molecule has 0 aliphatic heterocycles. The van der Waals surface area contributed by atoms with Crippen LogP contribution in [-0.4, -0.2) is 26.3 Å². The fourth-order valence-corrected chi connectivity index (χ4v) is 2.42. The maximum Gasteiger partial charge on any atom is 0.0466 e. The Morgan fingerprint density at radius 3 is 2.60 bits per heavy atom. The summed E-state index contributed by atoms with van der Waals surface area (Å²) >= 11 is 0. The summed E-state index contributed by atoms with van der Waals surface area (Å²) in [5.41, 5.74) is 0.631. The zero-order valence-electron chi connectivity index (χ0n) is 10.5. The monoisotopic (exact) mass is 213 g/mol. The number of hydrogen-bond acceptors (Lipinski definition) is 2. The number of ether oxygens (including phenoxy) is 1. The first-order valence-electron chi connectivity index (χ1n) is 6.61. The lowest BCUT2D eigenvalue weighted by Gasteiger charge is -2.42. The van der Waals surface area contributed by atoms with Crippen LogP contribution in [0.15, 0.2) is 0 Å². The van der Waals surface area contributed by atoms with Gasteiger partial charge in [-0.1, -0.05) is 13.3 Å². The Hall–Kier alpha value is -0.0800. The van der Waals surface area contributed by atoms with E-state index in [0.29, 0.717) is 5.41 Å². The van der Waals surface area contributed by atoms with Gasteiger partial charge in [0.05, 0.1) is 0 Å². The Bertz CT molecular complexity index is 155. The molecule has 2 heteroatoms. The molecule has 0 aromatic heterocycles. The molecule has 1 fully saturated rings. The molecule has 0 amide bonds. The molecule has 0 aromatic carbocycles. The van der Waals surface area contributed by atoms with Crippen LogP contribution in [0.3, 0.4) is 0 Å². The smallest absolute Gasteiger partial charge is 0.0466 e.